The Kier molecular flexibility index (Phi) is 5.72. The van der Waals surface area contributed by atoms with E-state index in [2.05, 4.69) is 48.0 Å². The van der Waals surface area contributed by atoms with E-state index in [1.54, 1.807) is 0 Å². The molecule has 0 aromatic heterocycles. The molecule has 17 heavy (non-hydrogen) atoms. The van der Waals surface area contributed by atoms with Crippen molar-refractivity contribution < 1.29 is 4.74 Å². The molecule has 1 rings (SSSR count). The minimum Gasteiger partial charge on any atom is -0.488 e. The van der Waals surface area contributed by atoms with Crippen molar-refractivity contribution in [2.45, 2.75) is 33.2 Å². The normalized spacial score (nSPS) is 12.1. The first-order chi connectivity index (χ1) is 7.99. The summed E-state index contributed by atoms with van der Waals surface area (Å²) >= 11 is 3.52. The highest BCUT2D eigenvalue weighted by Crippen LogP contribution is 2.26. The van der Waals surface area contributed by atoms with Crippen molar-refractivity contribution in [3.05, 3.63) is 39.9 Å². The number of hydrogen-bond donors (Lipinski definition) is 1. The summed E-state index contributed by atoms with van der Waals surface area (Å²) in [5.74, 6) is 0.871. The maximum absolute atomic E-state index is 5.77. The van der Waals surface area contributed by atoms with Gasteiger partial charge in [0.1, 0.15) is 12.4 Å². The third-order valence-corrected chi connectivity index (χ3v) is 2.90. The Morgan fingerprint density at radius 1 is 1.47 bits per heavy atom. The first-order valence-electron chi connectivity index (χ1n) is 5.79. The number of hydrogen-bond acceptors (Lipinski definition) is 2. The molecular formula is C14H20BrNO. The molecule has 2 N–H and O–H groups in total. The molecule has 0 aliphatic heterocycles. The zero-order valence-corrected chi connectivity index (χ0v) is 12.3. The van der Waals surface area contributed by atoms with Crippen LogP contribution in [0.4, 0.5) is 0 Å². The van der Waals surface area contributed by atoms with Crippen LogP contribution in [0.3, 0.4) is 0 Å². The third kappa shape index (κ3) is 5.37. The van der Waals surface area contributed by atoms with E-state index in [0.29, 0.717) is 6.61 Å². The molecule has 0 radical (unpaired) electrons. The second kappa shape index (κ2) is 6.82. The van der Waals surface area contributed by atoms with Crippen LogP contribution < -0.4 is 10.5 Å². The number of halogens is 1. The van der Waals surface area contributed by atoms with Crippen molar-refractivity contribution in [3.63, 3.8) is 0 Å². The van der Waals surface area contributed by atoms with Gasteiger partial charge in [0, 0.05) is 6.04 Å². The van der Waals surface area contributed by atoms with Crippen LogP contribution in [0.2, 0.25) is 0 Å². The van der Waals surface area contributed by atoms with Gasteiger partial charge in [-0.25, -0.2) is 0 Å². The monoisotopic (exact) mass is 297 g/mol. The van der Waals surface area contributed by atoms with Gasteiger partial charge >= 0.3 is 0 Å². The molecule has 1 aromatic rings. The molecule has 3 heteroatoms. The highest BCUT2D eigenvalue weighted by atomic mass is 79.9. The van der Waals surface area contributed by atoms with Crippen molar-refractivity contribution in [1.29, 1.82) is 0 Å². The zero-order chi connectivity index (χ0) is 12.8. The molecule has 1 unspecified atom stereocenters. The van der Waals surface area contributed by atoms with E-state index in [1.165, 1.54) is 11.1 Å². The van der Waals surface area contributed by atoms with E-state index in [-0.39, 0.29) is 6.04 Å². The third-order valence-electron chi connectivity index (χ3n) is 2.28. The molecule has 0 fully saturated rings. The van der Waals surface area contributed by atoms with E-state index in [9.17, 15) is 0 Å². The summed E-state index contributed by atoms with van der Waals surface area (Å²) in [7, 11) is 0. The van der Waals surface area contributed by atoms with E-state index >= 15 is 0 Å². The van der Waals surface area contributed by atoms with E-state index < -0.39 is 0 Å². The summed E-state index contributed by atoms with van der Waals surface area (Å²) in [4.78, 5) is 0. The second-order valence-corrected chi connectivity index (χ2v) is 5.39. The lowest BCUT2D eigenvalue weighted by Crippen LogP contribution is -2.17. The number of allylic oxidation sites excluding steroid dienone is 1. The number of nitrogens with two attached hydrogens (primary N) is 1. The Hall–Kier alpha value is -0.800. The molecule has 0 aliphatic carbocycles. The summed E-state index contributed by atoms with van der Waals surface area (Å²) in [6.45, 7) is 6.73. The molecule has 0 saturated heterocycles. The van der Waals surface area contributed by atoms with Gasteiger partial charge in [-0.05, 0) is 66.9 Å². The molecule has 94 valence electrons. The average Bonchev–Trinajstić information content (AvgIpc) is 2.20. The van der Waals surface area contributed by atoms with Gasteiger partial charge in [-0.15, -0.1) is 0 Å². The predicted molar refractivity (Wildman–Crippen MR) is 76.4 cm³/mol. The first-order valence-corrected chi connectivity index (χ1v) is 6.58. The van der Waals surface area contributed by atoms with E-state index in [4.69, 9.17) is 10.5 Å². The van der Waals surface area contributed by atoms with Gasteiger partial charge < -0.3 is 10.5 Å². The van der Waals surface area contributed by atoms with Crippen molar-refractivity contribution in [3.8, 4) is 5.75 Å². The van der Waals surface area contributed by atoms with Gasteiger partial charge in [-0.2, -0.15) is 0 Å². The number of benzene rings is 1. The van der Waals surface area contributed by atoms with Crippen molar-refractivity contribution in [1.82, 2.24) is 0 Å². The molecule has 0 heterocycles. The molecule has 2 nitrogen and oxygen atoms in total. The first kappa shape index (κ1) is 14.3. The minimum absolute atomic E-state index is 0.180. The van der Waals surface area contributed by atoms with E-state index in [0.717, 1.165) is 16.6 Å². The van der Waals surface area contributed by atoms with Crippen molar-refractivity contribution in [2.24, 2.45) is 5.73 Å². The predicted octanol–water partition coefficient (Wildman–Crippen LogP) is 3.68. The molecule has 1 atom stereocenters. The highest BCUT2D eigenvalue weighted by molar-refractivity contribution is 9.10. The Morgan fingerprint density at radius 2 is 2.18 bits per heavy atom. The Morgan fingerprint density at radius 3 is 2.71 bits per heavy atom. The molecule has 0 bridgehead atoms. The maximum Gasteiger partial charge on any atom is 0.133 e. The van der Waals surface area contributed by atoms with Crippen molar-refractivity contribution in [2.75, 3.05) is 6.61 Å². The smallest absolute Gasteiger partial charge is 0.133 e. The largest absolute Gasteiger partial charge is 0.488 e. The standard InChI is InChI=1S/C14H20BrNO/c1-10(2)6-7-17-14-5-4-12(8-11(3)16)9-13(14)15/h4-6,9,11H,7-8,16H2,1-3H3. The van der Waals surface area contributed by atoms with Crippen LogP contribution >= 0.6 is 15.9 Å². The topological polar surface area (TPSA) is 35.2 Å². The number of rotatable bonds is 5. The lowest BCUT2D eigenvalue weighted by molar-refractivity contribution is 0.359. The summed E-state index contributed by atoms with van der Waals surface area (Å²) in [6, 6.07) is 6.30. The van der Waals surface area contributed by atoms with Gasteiger partial charge in [0.25, 0.3) is 0 Å². The van der Waals surface area contributed by atoms with Crippen LogP contribution in [0.5, 0.6) is 5.75 Å². The van der Waals surface area contributed by atoms with Crippen LogP contribution in [-0.4, -0.2) is 12.6 Å². The van der Waals surface area contributed by atoms with Gasteiger partial charge in [-0.3, -0.25) is 0 Å². The molecule has 1 aromatic carbocycles. The fraction of sp³-hybridized carbons (Fsp3) is 0.429. The second-order valence-electron chi connectivity index (χ2n) is 4.54. The lowest BCUT2D eigenvalue weighted by atomic mass is 10.1. The minimum atomic E-state index is 0.180. The van der Waals surface area contributed by atoms with Gasteiger partial charge in [0.15, 0.2) is 0 Å². The lowest BCUT2D eigenvalue weighted by Gasteiger charge is -2.10. The molecule has 0 saturated carbocycles. The summed E-state index contributed by atoms with van der Waals surface area (Å²) in [5.41, 5.74) is 8.25. The maximum atomic E-state index is 5.77. The molecular weight excluding hydrogens is 278 g/mol. The Balaban J connectivity index is 2.66. The highest BCUT2D eigenvalue weighted by Gasteiger charge is 2.04. The SMILES string of the molecule is CC(C)=CCOc1ccc(CC(C)N)cc1Br. The fourth-order valence-corrected chi connectivity index (χ4v) is 2.00. The van der Waals surface area contributed by atoms with Gasteiger partial charge in [0.2, 0.25) is 0 Å². The van der Waals surface area contributed by atoms with Crippen LogP contribution in [0.25, 0.3) is 0 Å². The van der Waals surface area contributed by atoms with Gasteiger partial charge in [-0.1, -0.05) is 11.6 Å². The summed E-state index contributed by atoms with van der Waals surface area (Å²) < 4.78 is 6.64. The molecule has 0 aliphatic rings. The molecule has 0 spiro atoms. The van der Waals surface area contributed by atoms with Crippen LogP contribution in [0, 0.1) is 0 Å². The van der Waals surface area contributed by atoms with Crippen LogP contribution in [-0.2, 0) is 6.42 Å². The average molecular weight is 298 g/mol. The Labute approximate surface area is 112 Å². The Bertz CT molecular complexity index is 395. The zero-order valence-electron chi connectivity index (χ0n) is 10.7. The summed E-state index contributed by atoms with van der Waals surface area (Å²) in [6.07, 6.45) is 2.94. The molecule has 0 amide bonds. The number of ether oxygens (including phenoxy) is 1. The van der Waals surface area contributed by atoms with Crippen molar-refractivity contribution >= 4 is 15.9 Å². The fourth-order valence-electron chi connectivity index (χ4n) is 1.46. The van der Waals surface area contributed by atoms with Crippen LogP contribution in [0.15, 0.2) is 34.3 Å². The quantitative estimate of drug-likeness (QED) is 0.842. The van der Waals surface area contributed by atoms with Gasteiger partial charge in [0.05, 0.1) is 4.47 Å². The van der Waals surface area contributed by atoms with E-state index in [1.807, 2.05) is 13.0 Å². The summed E-state index contributed by atoms with van der Waals surface area (Å²) in [5, 5.41) is 0. The van der Waals surface area contributed by atoms with Crippen LogP contribution in [0.1, 0.15) is 26.3 Å².